The van der Waals surface area contributed by atoms with Crippen LogP contribution in [0.1, 0.15) is 19.4 Å². The number of esters is 2. The SMILES string of the molecule is CC(C)CNCCc1c2c(O)c(c3ccccc13)OC(=O)/C=C/C(=O)O2. The molecule has 1 aliphatic heterocycles. The molecule has 2 N–H and O–H groups in total. The predicted molar refractivity (Wildman–Crippen MR) is 97.4 cm³/mol. The van der Waals surface area contributed by atoms with E-state index in [1.54, 1.807) is 12.1 Å². The minimum atomic E-state index is -0.749. The second-order valence-corrected chi connectivity index (χ2v) is 6.55. The summed E-state index contributed by atoms with van der Waals surface area (Å²) in [5.74, 6) is -1.28. The second kappa shape index (κ2) is 7.58. The highest BCUT2D eigenvalue weighted by molar-refractivity contribution is 6.02. The molecule has 6 heteroatoms. The van der Waals surface area contributed by atoms with Crippen LogP contribution in [0.3, 0.4) is 0 Å². The molecule has 2 aromatic carbocycles. The molecule has 6 nitrogen and oxygen atoms in total. The van der Waals surface area contributed by atoms with Crippen LogP contribution in [-0.2, 0) is 16.0 Å². The van der Waals surface area contributed by atoms with Crippen LogP contribution in [0.2, 0.25) is 0 Å². The van der Waals surface area contributed by atoms with E-state index in [2.05, 4.69) is 19.2 Å². The Morgan fingerprint density at radius 1 is 1.00 bits per heavy atom. The van der Waals surface area contributed by atoms with E-state index in [9.17, 15) is 14.7 Å². The fourth-order valence-electron chi connectivity index (χ4n) is 2.91. The van der Waals surface area contributed by atoms with Crippen LogP contribution in [0.15, 0.2) is 36.4 Å². The van der Waals surface area contributed by atoms with Gasteiger partial charge < -0.3 is 19.9 Å². The molecule has 1 heterocycles. The van der Waals surface area contributed by atoms with Crippen molar-refractivity contribution in [3.05, 3.63) is 42.0 Å². The number of nitrogens with one attached hydrogen (secondary N) is 1. The van der Waals surface area contributed by atoms with Crippen molar-refractivity contribution in [1.29, 1.82) is 0 Å². The number of hydrogen-bond acceptors (Lipinski definition) is 6. The fraction of sp³-hybridized carbons (Fsp3) is 0.300. The standard InChI is InChI=1S/C20H21NO5/c1-12(2)11-21-10-9-15-13-5-3-4-6-14(13)19-18(24)20(15)26-17(23)8-7-16(22)25-19/h3-8,12,21,24H,9-11H2,1-2H3/b8-7+. The van der Waals surface area contributed by atoms with E-state index in [-0.39, 0.29) is 17.2 Å². The Kier molecular flexibility index (Phi) is 5.23. The number of hydrogen-bond donors (Lipinski definition) is 2. The number of carbonyl (C=O) groups is 2. The number of carbonyl (C=O) groups excluding carboxylic acids is 2. The minimum Gasteiger partial charge on any atom is -0.502 e. The molecule has 0 aliphatic carbocycles. The number of aromatic hydroxyl groups is 1. The van der Waals surface area contributed by atoms with E-state index >= 15 is 0 Å². The van der Waals surface area contributed by atoms with Crippen molar-refractivity contribution in [1.82, 2.24) is 5.32 Å². The average Bonchev–Trinajstić information content (AvgIpc) is 2.65. The first kappa shape index (κ1) is 17.9. The largest absolute Gasteiger partial charge is 0.502 e. The second-order valence-electron chi connectivity index (χ2n) is 6.55. The van der Waals surface area contributed by atoms with Crippen molar-refractivity contribution in [2.45, 2.75) is 20.3 Å². The van der Waals surface area contributed by atoms with Crippen molar-refractivity contribution in [2.24, 2.45) is 5.92 Å². The third-order valence-corrected chi connectivity index (χ3v) is 4.07. The van der Waals surface area contributed by atoms with Gasteiger partial charge in [0.05, 0.1) is 0 Å². The molecule has 0 spiro atoms. The van der Waals surface area contributed by atoms with Gasteiger partial charge in [-0.1, -0.05) is 38.1 Å². The van der Waals surface area contributed by atoms with Gasteiger partial charge in [-0.05, 0) is 30.8 Å². The smallest absolute Gasteiger partial charge is 0.336 e. The van der Waals surface area contributed by atoms with E-state index in [1.165, 1.54) is 0 Å². The van der Waals surface area contributed by atoms with Gasteiger partial charge in [-0.25, -0.2) is 9.59 Å². The van der Waals surface area contributed by atoms with E-state index in [1.807, 2.05) is 12.1 Å². The maximum atomic E-state index is 12.0. The lowest BCUT2D eigenvalue weighted by atomic mass is 9.99. The van der Waals surface area contributed by atoms with Crippen molar-refractivity contribution in [3.8, 4) is 17.2 Å². The molecule has 0 fully saturated rings. The van der Waals surface area contributed by atoms with Crippen LogP contribution >= 0.6 is 0 Å². The van der Waals surface area contributed by atoms with E-state index in [4.69, 9.17) is 9.47 Å². The lowest BCUT2D eigenvalue weighted by Gasteiger charge is -2.17. The number of phenolic OH excluding ortho intramolecular Hbond substituents is 1. The summed E-state index contributed by atoms with van der Waals surface area (Å²) in [6, 6.07) is 7.25. The Balaban J connectivity index is 2.11. The zero-order valence-corrected chi connectivity index (χ0v) is 14.7. The molecule has 3 rings (SSSR count). The summed E-state index contributed by atoms with van der Waals surface area (Å²) in [6.07, 6.45) is 2.51. The van der Waals surface area contributed by atoms with Gasteiger partial charge in [0.25, 0.3) is 0 Å². The summed E-state index contributed by atoms with van der Waals surface area (Å²) in [5.41, 5.74) is 0.692. The normalized spacial score (nSPS) is 15.2. The minimum absolute atomic E-state index is 0.00107. The average molecular weight is 355 g/mol. The number of benzene rings is 2. The van der Waals surface area contributed by atoms with Gasteiger partial charge >= 0.3 is 11.9 Å². The van der Waals surface area contributed by atoms with Gasteiger partial charge in [-0.2, -0.15) is 0 Å². The first-order valence-electron chi connectivity index (χ1n) is 8.56. The Morgan fingerprint density at radius 3 is 2.27 bits per heavy atom. The number of rotatable bonds is 5. The topological polar surface area (TPSA) is 84.9 Å². The lowest BCUT2D eigenvalue weighted by molar-refractivity contribution is -0.131. The number of ether oxygens (including phenoxy) is 2. The fourth-order valence-corrected chi connectivity index (χ4v) is 2.91. The molecular weight excluding hydrogens is 334 g/mol. The third kappa shape index (κ3) is 3.70. The van der Waals surface area contributed by atoms with Gasteiger partial charge in [-0.3, -0.25) is 0 Å². The highest BCUT2D eigenvalue weighted by Gasteiger charge is 2.25. The highest BCUT2D eigenvalue weighted by Crippen LogP contribution is 2.46. The molecule has 0 saturated heterocycles. The van der Waals surface area contributed by atoms with Crippen LogP contribution in [0.4, 0.5) is 0 Å². The lowest BCUT2D eigenvalue weighted by Crippen LogP contribution is -2.22. The molecule has 0 aromatic heterocycles. The maximum Gasteiger partial charge on any atom is 0.336 e. The van der Waals surface area contributed by atoms with E-state index < -0.39 is 11.9 Å². The Morgan fingerprint density at radius 2 is 1.62 bits per heavy atom. The molecule has 2 bridgehead atoms. The summed E-state index contributed by atoms with van der Waals surface area (Å²) in [6.45, 7) is 5.75. The summed E-state index contributed by atoms with van der Waals surface area (Å²) in [4.78, 5) is 23.8. The molecule has 26 heavy (non-hydrogen) atoms. The first-order chi connectivity index (χ1) is 12.5. The third-order valence-electron chi connectivity index (χ3n) is 4.07. The highest BCUT2D eigenvalue weighted by atomic mass is 16.6. The Labute approximate surface area is 151 Å². The van der Waals surface area contributed by atoms with E-state index in [0.717, 1.165) is 24.1 Å². The Hall–Kier alpha value is -2.86. The monoisotopic (exact) mass is 355 g/mol. The molecular formula is C20H21NO5. The van der Waals surface area contributed by atoms with Crippen LogP contribution in [0, 0.1) is 5.92 Å². The molecule has 136 valence electrons. The molecule has 0 unspecified atom stereocenters. The predicted octanol–water partition coefficient (Wildman–Crippen LogP) is 2.71. The zero-order valence-electron chi connectivity index (χ0n) is 14.7. The molecule has 0 atom stereocenters. The summed E-state index contributed by atoms with van der Waals surface area (Å²) in [5, 5.41) is 15.3. The van der Waals surface area contributed by atoms with Crippen molar-refractivity contribution in [3.63, 3.8) is 0 Å². The molecule has 0 saturated carbocycles. The molecule has 0 amide bonds. The van der Waals surface area contributed by atoms with Crippen LogP contribution < -0.4 is 14.8 Å². The zero-order chi connectivity index (χ0) is 18.7. The van der Waals surface area contributed by atoms with Gasteiger partial charge in [-0.15, -0.1) is 0 Å². The summed E-state index contributed by atoms with van der Waals surface area (Å²) >= 11 is 0. The van der Waals surface area contributed by atoms with E-state index in [0.29, 0.717) is 29.8 Å². The van der Waals surface area contributed by atoms with Crippen LogP contribution in [0.5, 0.6) is 17.2 Å². The van der Waals surface area contributed by atoms with Gasteiger partial charge in [0.1, 0.15) is 0 Å². The van der Waals surface area contributed by atoms with Gasteiger partial charge in [0.15, 0.2) is 11.5 Å². The van der Waals surface area contributed by atoms with Gasteiger partial charge in [0.2, 0.25) is 5.75 Å². The molecule has 1 aliphatic rings. The van der Waals surface area contributed by atoms with Crippen molar-refractivity contribution >= 4 is 22.7 Å². The quantitative estimate of drug-likeness (QED) is 0.487. The summed E-state index contributed by atoms with van der Waals surface area (Å²) < 4.78 is 10.6. The number of fused-ring (bicyclic) bond motifs is 4. The first-order valence-corrected chi connectivity index (χ1v) is 8.56. The van der Waals surface area contributed by atoms with Crippen molar-refractivity contribution in [2.75, 3.05) is 13.1 Å². The maximum absolute atomic E-state index is 12.0. The summed E-state index contributed by atoms with van der Waals surface area (Å²) in [7, 11) is 0. The van der Waals surface area contributed by atoms with Crippen molar-refractivity contribution < 1.29 is 24.2 Å². The molecule has 2 aromatic rings. The molecule has 0 radical (unpaired) electrons. The Bertz CT molecular complexity index is 885. The number of phenols is 1. The van der Waals surface area contributed by atoms with Crippen LogP contribution in [-0.4, -0.2) is 30.1 Å². The van der Waals surface area contributed by atoms with Gasteiger partial charge in [0, 0.05) is 23.1 Å². The van der Waals surface area contributed by atoms with Crippen LogP contribution in [0.25, 0.3) is 10.8 Å².